The zero-order valence-electron chi connectivity index (χ0n) is 9.59. The van der Waals surface area contributed by atoms with E-state index in [1.54, 1.807) is 11.8 Å². The lowest BCUT2D eigenvalue weighted by Gasteiger charge is -2.20. The fraction of sp³-hybridized carbons (Fsp3) is 0. The molecule has 0 saturated heterocycles. The minimum atomic E-state index is 0.923. The van der Waals surface area contributed by atoms with E-state index in [9.17, 15) is 0 Å². The Balaban J connectivity index is 1.95. The van der Waals surface area contributed by atoms with Gasteiger partial charge in [0.2, 0.25) is 0 Å². The monoisotopic (exact) mass is 269 g/mol. The largest absolute Gasteiger partial charge is 0.349 e. The molecule has 0 fully saturated rings. The van der Waals surface area contributed by atoms with Gasteiger partial charge in [-0.3, -0.25) is 0 Å². The molecule has 0 atom stereocenters. The molecule has 0 unspecified atom stereocenters. The molecule has 1 aliphatic rings. The number of nitrogens with one attached hydrogen (secondary N) is 1. The van der Waals surface area contributed by atoms with E-state index in [1.165, 1.54) is 5.56 Å². The lowest BCUT2D eigenvalue weighted by Crippen LogP contribution is -2.10. The van der Waals surface area contributed by atoms with E-state index < -0.39 is 0 Å². The Morgan fingerprint density at radius 3 is 2.50 bits per heavy atom. The van der Waals surface area contributed by atoms with Gasteiger partial charge in [0.25, 0.3) is 0 Å². The van der Waals surface area contributed by atoms with Gasteiger partial charge in [-0.1, -0.05) is 72.5 Å². The predicted octanol–water partition coefficient (Wildman–Crippen LogP) is 4.52. The van der Waals surface area contributed by atoms with E-state index in [4.69, 9.17) is 12.2 Å². The van der Waals surface area contributed by atoms with Crippen molar-refractivity contribution in [1.29, 1.82) is 0 Å². The van der Waals surface area contributed by atoms with E-state index in [2.05, 4.69) is 35.7 Å². The van der Waals surface area contributed by atoms with Crippen LogP contribution >= 0.6 is 24.0 Å². The summed E-state index contributed by atoms with van der Waals surface area (Å²) in [6.07, 6.45) is 2.12. The topological polar surface area (TPSA) is 12.0 Å². The summed E-state index contributed by atoms with van der Waals surface area (Å²) in [7, 11) is 0. The van der Waals surface area contributed by atoms with Gasteiger partial charge in [-0.15, -0.1) is 0 Å². The van der Waals surface area contributed by atoms with Crippen molar-refractivity contribution in [2.45, 2.75) is 0 Å². The van der Waals surface area contributed by atoms with Crippen molar-refractivity contribution in [3.8, 4) is 0 Å². The molecule has 1 heterocycles. The normalized spacial score (nSPS) is 16.2. The van der Waals surface area contributed by atoms with Gasteiger partial charge in [0.1, 0.15) is 0 Å². The number of anilines is 1. The third-order valence-electron chi connectivity index (χ3n) is 2.70. The van der Waals surface area contributed by atoms with Crippen LogP contribution in [0.3, 0.4) is 0 Å². The maximum Gasteiger partial charge on any atom is 0.0860 e. The number of rotatable bonds is 1. The summed E-state index contributed by atoms with van der Waals surface area (Å²) in [5, 5.41) is 4.49. The van der Waals surface area contributed by atoms with Crippen molar-refractivity contribution in [3.05, 3.63) is 70.8 Å². The van der Waals surface area contributed by atoms with Crippen molar-refractivity contribution >= 4 is 39.9 Å². The number of thioether (sulfide) groups is 1. The first-order chi connectivity index (χ1) is 8.83. The second kappa shape index (κ2) is 4.96. The van der Waals surface area contributed by atoms with Crippen LogP contribution in [0.4, 0.5) is 5.69 Å². The van der Waals surface area contributed by atoms with Crippen LogP contribution < -0.4 is 5.32 Å². The van der Waals surface area contributed by atoms with E-state index >= 15 is 0 Å². The first-order valence-corrected chi connectivity index (χ1v) is 6.90. The molecule has 0 amide bonds. The molecule has 2 aromatic carbocycles. The second-order valence-electron chi connectivity index (χ2n) is 3.98. The standard InChI is InChI=1S/C15H11NS2/c17-15-12-8-4-5-9-13(12)16-14(18-15)10-11-6-2-1-3-7-11/h1-10,16H/b14-10+. The minimum Gasteiger partial charge on any atom is -0.349 e. The van der Waals surface area contributed by atoms with Crippen LogP contribution in [0, 0.1) is 0 Å². The molecule has 1 N–H and O–H groups in total. The Morgan fingerprint density at radius 1 is 0.944 bits per heavy atom. The maximum atomic E-state index is 5.44. The molecule has 3 heteroatoms. The first kappa shape index (κ1) is 11.5. The van der Waals surface area contributed by atoms with Gasteiger partial charge in [0, 0.05) is 11.3 Å². The van der Waals surface area contributed by atoms with Crippen molar-refractivity contribution in [2.24, 2.45) is 0 Å². The van der Waals surface area contributed by atoms with Crippen LogP contribution in [0.1, 0.15) is 11.1 Å². The second-order valence-corrected chi connectivity index (χ2v) is 5.70. The quantitative estimate of drug-likeness (QED) is 0.764. The Hall–Kier alpha value is -1.58. The molecular weight excluding hydrogens is 258 g/mol. The number of thiocarbonyl (C=S) groups is 1. The molecule has 0 aliphatic carbocycles. The Morgan fingerprint density at radius 2 is 1.67 bits per heavy atom. The number of benzene rings is 2. The fourth-order valence-electron chi connectivity index (χ4n) is 1.85. The minimum absolute atomic E-state index is 0.923. The van der Waals surface area contributed by atoms with Gasteiger partial charge in [0.05, 0.1) is 9.23 Å². The summed E-state index contributed by atoms with van der Waals surface area (Å²) in [6, 6.07) is 18.4. The highest BCUT2D eigenvalue weighted by Crippen LogP contribution is 2.34. The van der Waals surface area contributed by atoms with Crippen molar-refractivity contribution < 1.29 is 0 Å². The van der Waals surface area contributed by atoms with Gasteiger partial charge < -0.3 is 5.32 Å². The van der Waals surface area contributed by atoms with E-state index in [0.717, 1.165) is 20.5 Å². The molecule has 18 heavy (non-hydrogen) atoms. The van der Waals surface area contributed by atoms with Crippen LogP contribution in [0.5, 0.6) is 0 Å². The van der Waals surface area contributed by atoms with Crippen LogP contribution in [-0.4, -0.2) is 4.20 Å². The molecule has 0 spiro atoms. The summed E-state index contributed by atoms with van der Waals surface area (Å²) in [5.74, 6) is 0. The number of hydrogen-bond acceptors (Lipinski definition) is 3. The summed E-state index contributed by atoms with van der Waals surface area (Å²) in [6.45, 7) is 0. The smallest absolute Gasteiger partial charge is 0.0860 e. The predicted molar refractivity (Wildman–Crippen MR) is 83.8 cm³/mol. The molecule has 88 valence electrons. The van der Waals surface area contributed by atoms with Crippen LogP contribution in [0.15, 0.2) is 59.6 Å². The summed E-state index contributed by atoms with van der Waals surface area (Å²) >= 11 is 7.04. The molecule has 0 bridgehead atoms. The average Bonchev–Trinajstić information content (AvgIpc) is 2.40. The third-order valence-corrected chi connectivity index (χ3v) is 4.02. The van der Waals surface area contributed by atoms with Gasteiger partial charge >= 0.3 is 0 Å². The van der Waals surface area contributed by atoms with E-state index in [-0.39, 0.29) is 0 Å². The Kier molecular flexibility index (Phi) is 3.17. The highest BCUT2D eigenvalue weighted by molar-refractivity contribution is 8.26. The maximum absolute atomic E-state index is 5.44. The Labute approximate surface area is 116 Å². The highest BCUT2D eigenvalue weighted by atomic mass is 32.2. The lowest BCUT2D eigenvalue weighted by molar-refractivity contribution is 1.54. The van der Waals surface area contributed by atoms with Gasteiger partial charge in [0.15, 0.2) is 0 Å². The van der Waals surface area contributed by atoms with Crippen LogP contribution in [0.2, 0.25) is 0 Å². The zero-order valence-corrected chi connectivity index (χ0v) is 11.2. The SMILES string of the molecule is S=C1S/C(=C/c2ccccc2)Nc2ccccc21. The third kappa shape index (κ3) is 2.33. The summed E-state index contributed by atoms with van der Waals surface area (Å²) < 4.78 is 0.923. The van der Waals surface area contributed by atoms with E-state index in [1.807, 2.05) is 30.3 Å². The molecule has 3 rings (SSSR count). The molecular formula is C15H11NS2. The van der Waals surface area contributed by atoms with Crippen LogP contribution in [-0.2, 0) is 0 Å². The number of hydrogen-bond donors (Lipinski definition) is 1. The van der Waals surface area contributed by atoms with Crippen molar-refractivity contribution in [1.82, 2.24) is 0 Å². The van der Waals surface area contributed by atoms with Gasteiger partial charge in [-0.2, -0.15) is 0 Å². The van der Waals surface area contributed by atoms with Crippen LogP contribution in [0.25, 0.3) is 6.08 Å². The summed E-state index contributed by atoms with van der Waals surface area (Å²) in [4.78, 5) is 0. The molecule has 0 saturated carbocycles. The average molecular weight is 269 g/mol. The molecule has 2 aromatic rings. The molecule has 0 radical (unpaired) electrons. The fourth-order valence-corrected chi connectivity index (χ4v) is 3.14. The highest BCUT2D eigenvalue weighted by Gasteiger charge is 2.16. The molecule has 0 aromatic heterocycles. The number of para-hydroxylation sites is 1. The van der Waals surface area contributed by atoms with Gasteiger partial charge in [-0.05, 0) is 17.7 Å². The molecule has 1 aliphatic heterocycles. The number of fused-ring (bicyclic) bond motifs is 1. The van der Waals surface area contributed by atoms with Crippen molar-refractivity contribution in [3.63, 3.8) is 0 Å². The lowest BCUT2D eigenvalue weighted by atomic mass is 10.2. The Bertz CT molecular complexity index is 617. The molecule has 1 nitrogen and oxygen atoms in total. The first-order valence-electron chi connectivity index (χ1n) is 5.68. The van der Waals surface area contributed by atoms with Gasteiger partial charge in [-0.25, -0.2) is 0 Å². The summed E-state index contributed by atoms with van der Waals surface area (Å²) in [5.41, 5.74) is 3.38. The zero-order chi connectivity index (χ0) is 12.4. The van der Waals surface area contributed by atoms with E-state index in [0.29, 0.717) is 0 Å². The van der Waals surface area contributed by atoms with Crippen molar-refractivity contribution in [2.75, 3.05) is 5.32 Å².